The molecule has 2 rings (SSSR count). The first-order valence-corrected chi connectivity index (χ1v) is 6.81. The number of rotatable bonds is 3. The highest BCUT2D eigenvalue weighted by molar-refractivity contribution is 7.98. The van der Waals surface area contributed by atoms with Crippen molar-refractivity contribution in [3.05, 3.63) is 29.8 Å². The maximum absolute atomic E-state index is 11.9. The fraction of sp³-hybridized carbons (Fsp3) is 0.417. The predicted molar refractivity (Wildman–Crippen MR) is 68.7 cm³/mol. The Bertz CT molecular complexity index is 381. The molecule has 3 nitrogen and oxygen atoms in total. The van der Waals surface area contributed by atoms with E-state index in [9.17, 15) is 4.79 Å². The number of benzene rings is 1. The van der Waals surface area contributed by atoms with E-state index < -0.39 is 0 Å². The average molecular weight is 236 g/mol. The van der Waals surface area contributed by atoms with Crippen LogP contribution in [-0.2, 0) is 11.3 Å². The van der Waals surface area contributed by atoms with E-state index in [1.54, 1.807) is 11.8 Å². The maximum Gasteiger partial charge on any atom is 0.241 e. The van der Waals surface area contributed by atoms with Crippen LogP contribution in [0.1, 0.15) is 12.0 Å². The Morgan fingerprint density at radius 3 is 3.06 bits per heavy atom. The van der Waals surface area contributed by atoms with Crippen molar-refractivity contribution < 1.29 is 4.79 Å². The van der Waals surface area contributed by atoms with Gasteiger partial charge in [-0.3, -0.25) is 4.79 Å². The third-order valence-corrected chi connectivity index (χ3v) is 3.39. The van der Waals surface area contributed by atoms with Crippen LogP contribution in [0.2, 0.25) is 0 Å². The number of carbonyl (C=O) groups excluding carboxylic acids is 1. The minimum atomic E-state index is -0.0696. The molecule has 1 aromatic carbocycles. The molecule has 0 aromatic heterocycles. The predicted octanol–water partition coefficient (Wildman–Crippen LogP) is 1.85. The fourth-order valence-electron chi connectivity index (χ4n) is 1.81. The monoisotopic (exact) mass is 236 g/mol. The topological polar surface area (TPSA) is 41.1 Å². The lowest BCUT2D eigenvalue weighted by Crippen LogP contribution is -2.38. The number of fused-ring (bicyclic) bond motifs is 1. The van der Waals surface area contributed by atoms with Crippen LogP contribution in [0.5, 0.6) is 0 Å². The van der Waals surface area contributed by atoms with Crippen LogP contribution in [0.3, 0.4) is 0 Å². The van der Waals surface area contributed by atoms with Gasteiger partial charge < -0.3 is 10.6 Å². The zero-order valence-corrected chi connectivity index (χ0v) is 10.1. The van der Waals surface area contributed by atoms with Gasteiger partial charge in [-0.15, -0.1) is 0 Å². The van der Waals surface area contributed by atoms with E-state index in [2.05, 4.69) is 16.9 Å². The van der Waals surface area contributed by atoms with E-state index in [1.807, 2.05) is 24.3 Å². The first-order valence-electron chi connectivity index (χ1n) is 5.42. The molecular weight excluding hydrogens is 220 g/mol. The van der Waals surface area contributed by atoms with Crippen molar-refractivity contribution in [2.24, 2.45) is 0 Å². The SMILES string of the molecule is CSCC[C@H]1NCc2ccccc2NC1=O. The summed E-state index contributed by atoms with van der Waals surface area (Å²) in [5.74, 6) is 1.08. The van der Waals surface area contributed by atoms with Crippen LogP contribution in [0, 0.1) is 0 Å². The van der Waals surface area contributed by atoms with Gasteiger partial charge in [0.2, 0.25) is 5.91 Å². The highest BCUT2D eigenvalue weighted by Gasteiger charge is 2.21. The molecule has 2 N–H and O–H groups in total. The van der Waals surface area contributed by atoms with Crippen molar-refractivity contribution in [3.8, 4) is 0 Å². The van der Waals surface area contributed by atoms with Gasteiger partial charge in [-0.05, 0) is 30.1 Å². The van der Waals surface area contributed by atoms with Gasteiger partial charge in [-0.1, -0.05) is 18.2 Å². The van der Waals surface area contributed by atoms with E-state index in [-0.39, 0.29) is 11.9 Å². The van der Waals surface area contributed by atoms with E-state index in [4.69, 9.17) is 0 Å². The molecule has 0 spiro atoms. The Morgan fingerprint density at radius 2 is 2.25 bits per heavy atom. The van der Waals surface area contributed by atoms with Crippen LogP contribution < -0.4 is 10.6 Å². The minimum absolute atomic E-state index is 0.0696. The molecule has 0 unspecified atom stereocenters. The van der Waals surface area contributed by atoms with E-state index >= 15 is 0 Å². The zero-order chi connectivity index (χ0) is 11.4. The minimum Gasteiger partial charge on any atom is -0.324 e. The second kappa shape index (κ2) is 5.37. The van der Waals surface area contributed by atoms with E-state index in [1.165, 1.54) is 0 Å². The lowest BCUT2D eigenvalue weighted by atomic mass is 10.2. The molecule has 1 heterocycles. The second-order valence-electron chi connectivity index (χ2n) is 3.86. The lowest BCUT2D eigenvalue weighted by Gasteiger charge is -2.13. The third kappa shape index (κ3) is 2.57. The molecule has 0 bridgehead atoms. The molecule has 86 valence electrons. The van der Waals surface area contributed by atoms with Crippen LogP contribution in [0.15, 0.2) is 24.3 Å². The molecule has 1 aromatic rings. The molecule has 0 radical (unpaired) electrons. The van der Waals surface area contributed by atoms with Crippen molar-refractivity contribution in [2.45, 2.75) is 19.0 Å². The maximum atomic E-state index is 11.9. The smallest absolute Gasteiger partial charge is 0.241 e. The van der Waals surface area contributed by atoms with Gasteiger partial charge in [-0.25, -0.2) is 0 Å². The van der Waals surface area contributed by atoms with Gasteiger partial charge in [0.25, 0.3) is 0 Å². The van der Waals surface area contributed by atoms with Crippen molar-refractivity contribution in [1.29, 1.82) is 0 Å². The van der Waals surface area contributed by atoms with Gasteiger partial charge in [0.05, 0.1) is 6.04 Å². The largest absolute Gasteiger partial charge is 0.324 e. The number of para-hydroxylation sites is 1. The fourth-order valence-corrected chi connectivity index (χ4v) is 2.28. The zero-order valence-electron chi connectivity index (χ0n) is 9.32. The van der Waals surface area contributed by atoms with Gasteiger partial charge in [0.1, 0.15) is 0 Å². The molecule has 4 heteroatoms. The first kappa shape index (κ1) is 11.5. The van der Waals surface area contributed by atoms with Crippen molar-refractivity contribution in [3.63, 3.8) is 0 Å². The van der Waals surface area contributed by atoms with Crippen molar-refractivity contribution in [2.75, 3.05) is 17.3 Å². The molecule has 1 aliphatic heterocycles. The van der Waals surface area contributed by atoms with E-state index in [0.29, 0.717) is 0 Å². The number of amides is 1. The van der Waals surface area contributed by atoms with Crippen LogP contribution in [0.4, 0.5) is 5.69 Å². The van der Waals surface area contributed by atoms with Gasteiger partial charge in [0.15, 0.2) is 0 Å². The third-order valence-electron chi connectivity index (χ3n) is 2.74. The van der Waals surface area contributed by atoms with Crippen molar-refractivity contribution in [1.82, 2.24) is 5.32 Å². The Hall–Kier alpha value is -1.00. The lowest BCUT2D eigenvalue weighted by molar-refractivity contribution is -0.118. The molecule has 1 aliphatic rings. The number of anilines is 1. The number of carbonyl (C=O) groups is 1. The summed E-state index contributed by atoms with van der Waals surface area (Å²) in [6.07, 6.45) is 2.93. The molecule has 16 heavy (non-hydrogen) atoms. The number of hydrogen-bond acceptors (Lipinski definition) is 3. The van der Waals surface area contributed by atoms with Gasteiger partial charge in [-0.2, -0.15) is 11.8 Å². The molecule has 0 fully saturated rings. The summed E-state index contributed by atoms with van der Waals surface area (Å²) >= 11 is 1.77. The highest BCUT2D eigenvalue weighted by Crippen LogP contribution is 2.18. The summed E-state index contributed by atoms with van der Waals surface area (Å²) < 4.78 is 0. The Balaban J connectivity index is 2.09. The molecule has 1 atom stereocenters. The summed E-state index contributed by atoms with van der Waals surface area (Å²) in [7, 11) is 0. The Kier molecular flexibility index (Phi) is 3.85. The quantitative estimate of drug-likeness (QED) is 0.841. The van der Waals surface area contributed by atoms with Crippen LogP contribution in [-0.4, -0.2) is 24.0 Å². The molecule has 0 saturated heterocycles. The molecule has 1 amide bonds. The normalized spacial score (nSPS) is 19.8. The number of thioether (sulfide) groups is 1. The molecule has 0 saturated carbocycles. The van der Waals surface area contributed by atoms with Gasteiger partial charge >= 0.3 is 0 Å². The van der Waals surface area contributed by atoms with Gasteiger partial charge in [0, 0.05) is 12.2 Å². The summed E-state index contributed by atoms with van der Waals surface area (Å²) in [5, 5.41) is 6.27. The average Bonchev–Trinajstić information content (AvgIpc) is 2.45. The second-order valence-corrected chi connectivity index (χ2v) is 4.85. The standard InChI is InChI=1S/C12H16N2OS/c1-16-7-6-11-12(15)14-10-5-3-2-4-9(10)8-13-11/h2-5,11,13H,6-8H2,1H3,(H,14,15)/t11-/m1/s1. The molecule has 0 aliphatic carbocycles. The summed E-state index contributed by atoms with van der Waals surface area (Å²) in [6, 6.07) is 7.86. The molecular formula is C12H16N2OS. The van der Waals surface area contributed by atoms with E-state index in [0.717, 1.165) is 30.0 Å². The number of hydrogen-bond donors (Lipinski definition) is 2. The number of nitrogens with one attached hydrogen (secondary N) is 2. The summed E-state index contributed by atoms with van der Waals surface area (Å²) in [5.41, 5.74) is 2.09. The summed E-state index contributed by atoms with van der Waals surface area (Å²) in [6.45, 7) is 0.758. The summed E-state index contributed by atoms with van der Waals surface area (Å²) in [4.78, 5) is 11.9. The van der Waals surface area contributed by atoms with Crippen molar-refractivity contribution >= 4 is 23.4 Å². The van der Waals surface area contributed by atoms with Crippen LogP contribution in [0.25, 0.3) is 0 Å². The Labute approximate surface area is 100.0 Å². The Morgan fingerprint density at radius 1 is 1.44 bits per heavy atom. The highest BCUT2D eigenvalue weighted by atomic mass is 32.2. The first-order chi connectivity index (χ1) is 7.81. The van der Waals surface area contributed by atoms with Crippen LogP contribution >= 0.6 is 11.8 Å².